The lowest BCUT2D eigenvalue weighted by Crippen LogP contribution is -2.12. The van der Waals surface area contributed by atoms with Gasteiger partial charge in [-0.05, 0) is 18.2 Å². The number of carbonyl (C=O) groups is 1. The predicted octanol–water partition coefficient (Wildman–Crippen LogP) is 0.654. The molecular formula is C10H14N2O3. The number of nitrogens with two attached hydrogens (primary N) is 2. The summed E-state index contributed by atoms with van der Waals surface area (Å²) in [6, 6.07) is 4.66. The molecule has 0 bridgehead atoms. The fraction of sp³-hybridized carbons (Fsp3) is 0.300. The standard InChI is InChI=1S/C10H14N2O3/c1-14-4-5-15-10(13)8-3-2-7(11)6-9(8)12/h2-3,6H,4-5,11-12H2,1H3. The van der Waals surface area contributed by atoms with E-state index >= 15 is 0 Å². The van der Waals surface area contributed by atoms with E-state index in [1.807, 2.05) is 0 Å². The number of ether oxygens (including phenoxy) is 2. The van der Waals surface area contributed by atoms with Gasteiger partial charge >= 0.3 is 5.97 Å². The molecule has 0 heterocycles. The average molecular weight is 210 g/mol. The van der Waals surface area contributed by atoms with Gasteiger partial charge in [0, 0.05) is 18.5 Å². The van der Waals surface area contributed by atoms with Gasteiger partial charge in [-0.15, -0.1) is 0 Å². The average Bonchev–Trinajstić information content (AvgIpc) is 2.17. The monoisotopic (exact) mass is 210 g/mol. The van der Waals surface area contributed by atoms with Crippen molar-refractivity contribution in [1.82, 2.24) is 0 Å². The quantitative estimate of drug-likeness (QED) is 0.433. The molecule has 0 atom stereocenters. The normalized spacial score (nSPS) is 9.93. The number of hydrogen-bond donors (Lipinski definition) is 2. The maximum atomic E-state index is 11.5. The Kier molecular flexibility index (Phi) is 3.93. The molecule has 0 aromatic heterocycles. The molecule has 1 aromatic rings. The number of carbonyl (C=O) groups excluding carboxylic acids is 1. The molecule has 82 valence electrons. The number of benzene rings is 1. The van der Waals surface area contributed by atoms with Gasteiger partial charge in [-0.2, -0.15) is 0 Å². The van der Waals surface area contributed by atoms with Crippen LogP contribution < -0.4 is 11.5 Å². The molecule has 4 N–H and O–H groups in total. The van der Waals surface area contributed by atoms with Gasteiger partial charge < -0.3 is 20.9 Å². The zero-order valence-corrected chi connectivity index (χ0v) is 8.53. The molecule has 0 fully saturated rings. The molecule has 0 amide bonds. The van der Waals surface area contributed by atoms with Gasteiger partial charge in [0.2, 0.25) is 0 Å². The summed E-state index contributed by atoms with van der Waals surface area (Å²) in [6.07, 6.45) is 0. The van der Waals surface area contributed by atoms with Crippen LogP contribution >= 0.6 is 0 Å². The van der Waals surface area contributed by atoms with Crippen molar-refractivity contribution in [3.8, 4) is 0 Å². The maximum absolute atomic E-state index is 11.5. The van der Waals surface area contributed by atoms with E-state index in [2.05, 4.69) is 0 Å². The first-order valence-corrected chi connectivity index (χ1v) is 4.46. The minimum Gasteiger partial charge on any atom is -0.460 e. The summed E-state index contributed by atoms with van der Waals surface area (Å²) in [7, 11) is 1.53. The van der Waals surface area contributed by atoms with Crippen molar-refractivity contribution in [2.45, 2.75) is 0 Å². The second kappa shape index (κ2) is 5.21. The molecule has 0 aliphatic heterocycles. The van der Waals surface area contributed by atoms with Crippen LogP contribution in [0.15, 0.2) is 18.2 Å². The van der Waals surface area contributed by atoms with Gasteiger partial charge in [-0.3, -0.25) is 0 Å². The molecule has 0 unspecified atom stereocenters. The van der Waals surface area contributed by atoms with E-state index in [4.69, 9.17) is 20.9 Å². The van der Waals surface area contributed by atoms with Crippen molar-refractivity contribution in [3.05, 3.63) is 23.8 Å². The molecule has 5 nitrogen and oxygen atoms in total. The van der Waals surface area contributed by atoms with Crippen LogP contribution in [0.1, 0.15) is 10.4 Å². The summed E-state index contributed by atoms with van der Waals surface area (Å²) in [5.74, 6) is -0.468. The zero-order valence-electron chi connectivity index (χ0n) is 8.53. The van der Waals surface area contributed by atoms with Gasteiger partial charge in [0.15, 0.2) is 0 Å². The summed E-state index contributed by atoms with van der Waals surface area (Å²) in [6.45, 7) is 0.569. The van der Waals surface area contributed by atoms with Gasteiger partial charge in [0.1, 0.15) is 6.61 Å². The number of anilines is 2. The number of methoxy groups -OCH3 is 1. The first kappa shape index (κ1) is 11.3. The van der Waals surface area contributed by atoms with Crippen LogP contribution in [0.4, 0.5) is 11.4 Å². The van der Waals surface area contributed by atoms with E-state index in [0.29, 0.717) is 23.5 Å². The molecular weight excluding hydrogens is 196 g/mol. The Morgan fingerprint density at radius 3 is 2.67 bits per heavy atom. The second-order valence-corrected chi connectivity index (χ2v) is 2.98. The zero-order chi connectivity index (χ0) is 11.3. The van der Waals surface area contributed by atoms with Crippen LogP contribution in [-0.2, 0) is 9.47 Å². The van der Waals surface area contributed by atoms with Gasteiger partial charge in [-0.25, -0.2) is 4.79 Å². The highest BCUT2D eigenvalue weighted by Crippen LogP contribution is 2.16. The highest BCUT2D eigenvalue weighted by atomic mass is 16.6. The van der Waals surface area contributed by atoms with Crippen molar-refractivity contribution in [3.63, 3.8) is 0 Å². The van der Waals surface area contributed by atoms with Crippen LogP contribution in [-0.4, -0.2) is 26.3 Å². The lowest BCUT2D eigenvalue weighted by atomic mass is 10.1. The van der Waals surface area contributed by atoms with Crippen molar-refractivity contribution >= 4 is 17.3 Å². The molecule has 15 heavy (non-hydrogen) atoms. The van der Waals surface area contributed by atoms with Crippen molar-refractivity contribution in [2.24, 2.45) is 0 Å². The minimum atomic E-state index is -0.468. The van der Waals surface area contributed by atoms with E-state index in [-0.39, 0.29) is 6.61 Å². The summed E-state index contributed by atoms with van der Waals surface area (Å²) >= 11 is 0. The van der Waals surface area contributed by atoms with Crippen LogP contribution in [0.25, 0.3) is 0 Å². The Bertz CT molecular complexity index is 353. The molecule has 1 aromatic carbocycles. The smallest absolute Gasteiger partial charge is 0.340 e. The van der Waals surface area contributed by atoms with E-state index in [9.17, 15) is 4.79 Å². The first-order valence-electron chi connectivity index (χ1n) is 4.46. The fourth-order valence-electron chi connectivity index (χ4n) is 1.06. The molecule has 5 heteroatoms. The SMILES string of the molecule is COCCOC(=O)c1ccc(N)cc1N. The third kappa shape index (κ3) is 3.14. The summed E-state index contributed by atoms with van der Waals surface area (Å²) in [5.41, 5.74) is 12.3. The van der Waals surface area contributed by atoms with Crippen LogP contribution in [0.5, 0.6) is 0 Å². The van der Waals surface area contributed by atoms with Crippen molar-refractivity contribution in [2.75, 3.05) is 31.8 Å². The maximum Gasteiger partial charge on any atom is 0.340 e. The summed E-state index contributed by atoms with van der Waals surface area (Å²) in [5, 5.41) is 0. The van der Waals surface area contributed by atoms with Crippen LogP contribution in [0.2, 0.25) is 0 Å². The number of nitrogen functional groups attached to an aromatic ring is 2. The van der Waals surface area contributed by atoms with E-state index in [0.717, 1.165) is 0 Å². The number of rotatable bonds is 4. The number of hydrogen-bond acceptors (Lipinski definition) is 5. The Morgan fingerprint density at radius 1 is 1.33 bits per heavy atom. The van der Waals surface area contributed by atoms with Crippen molar-refractivity contribution in [1.29, 1.82) is 0 Å². The molecule has 0 saturated heterocycles. The van der Waals surface area contributed by atoms with Gasteiger partial charge in [0.05, 0.1) is 12.2 Å². The Balaban J connectivity index is 2.65. The van der Waals surface area contributed by atoms with Crippen molar-refractivity contribution < 1.29 is 14.3 Å². The molecule has 0 radical (unpaired) electrons. The predicted molar refractivity (Wildman–Crippen MR) is 57.4 cm³/mol. The first-order chi connectivity index (χ1) is 7.15. The lowest BCUT2D eigenvalue weighted by Gasteiger charge is -2.06. The topological polar surface area (TPSA) is 87.6 Å². The van der Waals surface area contributed by atoms with Gasteiger partial charge in [0.25, 0.3) is 0 Å². The van der Waals surface area contributed by atoms with Gasteiger partial charge in [-0.1, -0.05) is 0 Å². The molecule has 0 spiro atoms. The van der Waals surface area contributed by atoms with E-state index in [1.165, 1.54) is 13.2 Å². The molecule has 1 rings (SSSR count). The molecule has 0 aliphatic carbocycles. The highest BCUT2D eigenvalue weighted by molar-refractivity contribution is 5.95. The Hall–Kier alpha value is -1.75. The summed E-state index contributed by atoms with van der Waals surface area (Å²) < 4.78 is 9.65. The highest BCUT2D eigenvalue weighted by Gasteiger charge is 2.10. The molecule has 0 saturated carbocycles. The Labute approximate surface area is 88.0 Å². The minimum absolute atomic E-state index is 0.207. The number of esters is 1. The van der Waals surface area contributed by atoms with Crippen LogP contribution in [0, 0.1) is 0 Å². The second-order valence-electron chi connectivity index (χ2n) is 2.98. The van der Waals surface area contributed by atoms with Crippen LogP contribution in [0.3, 0.4) is 0 Å². The molecule has 0 aliphatic rings. The van der Waals surface area contributed by atoms with E-state index < -0.39 is 5.97 Å². The Morgan fingerprint density at radius 2 is 2.07 bits per heavy atom. The summed E-state index contributed by atoms with van der Waals surface area (Å²) in [4.78, 5) is 11.5. The third-order valence-electron chi connectivity index (χ3n) is 1.82. The third-order valence-corrected chi connectivity index (χ3v) is 1.82. The lowest BCUT2D eigenvalue weighted by molar-refractivity contribution is 0.0389. The van der Waals surface area contributed by atoms with E-state index in [1.54, 1.807) is 12.1 Å². The largest absolute Gasteiger partial charge is 0.460 e. The fourth-order valence-corrected chi connectivity index (χ4v) is 1.06.